The molecule has 2 heterocycles. The van der Waals surface area contributed by atoms with E-state index in [0.717, 1.165) is 13.1 Å². The molecule has 0 saturated carbocycles. The van der Waals surface area contributed by atoms with Crippen LogP contribution < -0.4 is 10.2 Å². The van der Waals surface area contributed by atoms with Crippen molar-refractivity contribution in [2.24, 2.45) is 5.92 Å². The van der Waals surface area contributed by atoms with Gasteiger partial charge in [-0.1, -0.05) is 18.2 Å². The normalized spacial score (nSPS) is 26.8. The average molecular weight is 260 g/mol. The van der Waals surface area contributed by atoms with Crippen molar-refractivity contribution in [2.75, 3.05) is 24.5 Å². The fourth-order valence-corrected chi connectivity index (χ4v) is 3.19. The Hall–Kier alpha value is -1.55. The maximum Gasteiger partial charge on any atom is 0.307 e. The van der Waals surface area contributed by atoms with Crippen LogP contribution in [0.25, 0.3) is 0 Å². The highest BCUT2D eigenvalue weighted by molar-refractivity contribution is 5.71. The number of nitrogens with zero attached hydrogens (tertiary/aromatic N) is 1. The van der Waals surface area contributed by atoms with Crippen LogP contribution in [0.3, 0.4) is 0 Å². The molecule has 0 amide bonds. The summed E-state index contributed by atoms with van der Waals surface area (Å²) in [5.41, 5.74) is 2.54. The number of hydrogen-bond donors (Lipinski definition) is 2. The molecule has 0 aliphatic carbocycles. The van der Waals surface area contributed by atoms with Gasteiger partial charge < -0.3 is 15.3 Å². The highest BCUT2D eigenvalue weighted by Crippen LogP contribution is 2.34. The van der Waals surface area contributed by atoms with Gasteiger partial charge in [-0.25, -0.2) is 0 Å². The first kappa shape index (κ1) is 12.5. The first-order valence-electron chi connectivity index (χ1n) is 7.06. The van der Waals surface area contributed by atoms with E-state index >= 15 is 0 Å². The number of aliphatic carboxylic acids is 1. The molecular formula is C15H20N2O2. The van der Waals surface area contributed by atoms with E-state index in [4.69, 9.17) is 5.11 Å². The number of carboxylic acid groups (broad SMARTS) is 1. The molecule has 4 nitrogen and oxygen atoms in total. The van der Waals surface area contributed by atoms with Gasteiger partial charge in [-0.15, -0.1) is 0 Å². The van der Waals surface area contributed by atoms with Gasteiger partial charge in [0.2, 0.25) is 0 Å². The van der Waals surface area contributed by atoms with Crippen molar-refractivity contribution >= 4 is 11.7 Å². The SMILES string of the molecule is O=C(O)C1CNC(c2ccccc2N2CCCC2)C1. The molecule has 2 saturated heterocycles. The second-order valence-electron chi connectivity index (χ2n) is 5.48. The predicted octanol–water partition coefficient (Wildman–Crippen LogP) is 2.02. The van der Waals surface area contributed by atoms with E-state index in [2.05, 4.69) is 28.4 Å². The van der Waals surface area contributed by atoms with Crippen molar-refractivity contribution in [1.82, 2.24) is 5.32 Å². The Morgan fingerprint density at radius 1 is 1.26 bits per heavy atom. The summed E-state index contributed by atoms with van der Waals surface area (Å²) >= 11 is 0. The van der Waals surface area contributed by atoms with Crippen LogP contribution in [0, 0.1) is 5.92 Å². The van der Waals surface area contributed by atoms with Crippen LogP contribution in [0.4, 0.5) is 5.69 Å². The maximum atomic E-state index is 11.1. The Morgan fingerprint density at radius 2 is 2.00 bits per heavy atom. The lowest BCUT2D eigenvalue weighted by molar-refractivity contribution is -0.141. The summed E-state index contributed by atoms with van der Waals surface area (Å²) in [5.74, 6) is -0.940. The van der Waals surface area contributed by atoms with Gasteiger partial charge in [-0.2, -0.15) is 0 Å². The third-order valence-electron chi connectivity index (χ3n) is 4.24. The summed E-state index contributed by atoms with van der Waals surface area (Å²) in [6.07, 6.45) is 3.20. The average Bonchev–Trinajstić information content (AvgIpc) is 3.10. The van der Waals surface area contributed by atoms with E-state index in [9.17, 15) is 4.79 Å². The number of carbonyl (C=O) groups is 1. The van der Waals surface area contributed by atoms with Gasteiger partial charge in [0.25, 0.3) is 0 Å². The molecule has 2 unspecified atom stereocenters. The Kier molecular flexibility index (Phi) is 3.42. The molecule has 1 aromatic rings. The number of carboxylic acids is 1. The molecule has 0 aromatic heterocycles. The summed E-state index contributed by atoms with van der Waals surface area (Å²) in [5, 5.41) is 12.5. The molecule has 4 heteroatoms. The minimum atomic E-state index is -0.686. The summed E-state index contributed by atoms with van der Waals surface area (Å²) in [7, 11) is 0. The topological polar surface area (TPSA) is 52.6 Å². The molecule has 0 bridgehead atoms. The molecule has 19 heavy (non-hydrogen) atoms. The molecule has 1 aromatic carbocycles. The fraction of sp³-hybridized carbons (Fsp3) is 0.533. The lowest BCUT2D eigenvalue weighted by Crippen LogP contribution is -2.22. The molecule has 2 aliphatic heterocycles. The third-order valence-corrected chi connectivity index (χ3v) is 4.24. The molecule has 2 atom stereocenters. The zero-order chi connectivity index (χ0) is 13.2. The number of anilines is 1. The van der Waals surface area contributed by atoms with Crippen LogP contribution in [0.15, 0.2) is 24.3 Å². The lowest BCUT2D eigenvalue weighted by Gasteiger charge is -2.24. The summed E-state index contributed by atoms with van der Waals surface area (Å²) in [4.78, 5) is 13.5. The van der Waals surface area contributed by atoms with Crippen LogP contribution >= 0.6 is 0 Å². The molecule has 3 rings (SSSR count). The van der Waals surface area contributed by atoms with Crippen molar-refractivity contribution < 1.29 is 9.90 Å². The first-order chi connectivity index (χ1) is 9.25. The van der Waals surface area contributed by atoms with E-state index in [0.29, 0.717) is 13.0 Å². The van der Waals surface area contributed by atoms with E-state index in [1.54, 1.807) is 0 Å². The number of para-hydroxylation sites is 1. The van der Waals surface area contributed by atoms with Crippen LogP contribution in [-0.4, -0.2) is 30.7 Å². The Morgan fingerprint density at radius 3 is 2.68 bits per heavy atom. The molecule has 0 radical (unpaired) electrons. The Balaban J connectivity index is 1.83. The van der Waals surface area contributed by atoms with Gasteiger partial charge in [0, 0.05) is 31.4 Å². The fourth-order valence-electron chi connectivity index (χ4n) is 3.19. The molecule has 0 spiro atoms. The Bertz CT molecular complexity index is 469. The highest BCUT2D eigenvalue weighted by atomic mass is 16.4. The quantitative estimate of drug-likeness (QED) is 0.873. The van der Waals surface area contributed by atoms with Gasteiger partial charge >= 0.3 is 5.97 Å². The van der Waals surface area contributed by atoms with Crippen molar-refractivity contribution in [3.8, 4) is 0 Å². The third kappa shape index (κ3) is 2.45. The Labute approximate surface area is 113 Å². The van der Waals surface area contributed by atoms with Crippen LogP contribution in [-0.2, 0) is 4.79 Å². The van der Waals surface area contributed by atoms with Crippen LogP contribution in [0.5, 0.6) is 0 Å². The first-order valence-corrected chi connectivity index (χ1v) is 7.06. The standard InChI is InChI=1S/C15H20N2O2/c18-15(19)11-9-13(16-10-11)12-5-1-2-6-14(12)17-7-3-4-8-17/h1-2,5-6,11,13,16H,3-4,7-10H2,(H,18,19). The van der Waals surface area contributed by atoms with E-state index in [1.807, 2.05) is 6.07 Å². The van der Waals surface area contributed by atoms with Crippen molar-refractivity contribution in [1.29, 1.82) is 0 Å². The maximum absolute atomic E-state index is 11.1. The summed E-state index contributed by atoms with van der Waals surface area (Å²) in [6, 6.07) is 8.59. The molecule has 102 valence electrons. The number of hydrogen-bond acceptors (Lipinski definition) is 3. The molecular weight excluding hydrogens is 240 g/mol. The predicted molar refractivity (Wildman–Crippen MR) is 74.4 cm³/mol. The summed E-state index contributed by atoms with van der Waals surface area (Å²) < 4.78 is 0. The monoisotopic (exact) mass is 260 g/mol. The molecule has 2 N–H and O–H groups in total. The van der Waals surface area contributed by atoms with Crippen molar-refractivity contribution in [2.45, 2.75) is 25.3 Å². The smallest absolute Gasteiger partial charge is 0.307 e. The zero-order valence-electron chi connectivity index (χ0n) is 11.0. The van der Waals surface area contributed by atoms with Gasteiger partial charge in [-0.05, 0) is 30.9 Å². The minimum Gasteiger partial charge on any atom is -0.481 e. The van der Waals surface area contributed by atoms with Gasteiger partial charge in [0.15, 0.2) is 0 Å². The molecule has 2 fully saturated rings. The number of rotatable bonds is 3. The minimum absolute atomic E-state index is 0.179. The number of benzene rings is 1. The van der Waals surface area contributed by atoms with Gasteiger partial charge in [0.05, 0.1) is 5.92 Å². The van der Waals surface area contributed by atoms with Gasteiger partial charge in [0.1, 0.15) is 0 Å². The summed E-state index contributed by atoms with van der Waals surface area (Å²) in [6.45, 7) is 2.81. The highest BCUT2D eigenvalue weighted by Gasteiger charge is 2.32. The van der Waals surface area contributed by atoms with Crippen molar-refractivity contribution in [3.05, 3.63) is 29.8 Å². The van der Waals surface area contributed by atoms with Gasteiger partial charge in [-0.3, -0.25) is 4.79 Å². The van der Waals surface area contributed by atoms with Crippen LogP contribution in [0.1, 0.15) is 30.9 Å². The van der Waals surface area contributed by atoms with Crippen molar-refractivity contribution in [3.63, 3.8) is 0 Å². The van der Waals surface area contributed by atoms with E-state index in [1.165, 1.54) is 24.1 Å². The second-order valence-corrected chi connectivity index (χ2v) is 5.48. The second kappa shape index (κ2) is 5.21. The largest absolute Gasteiger partial charge is 0.481 e. The van der Waals surface area contributed by atoms with E-state index in [-0.39, 0.29) is 12.0 Å². The lowest BCUT2D eigenvalue weighted by atomic mass is 9.98. The molecule has 2 aliphatic rings. The van der Waals surface area contributed by atoms with Crippen LogP contribution in [0.2, 0.25) is 0 Å². The number of nitrogens with one attached hydrogen (secondary N) is 1. The zero-order valence-corrected chi connectivity index (χ0v) is 11.0. The van der Waals surface area contributed by atoms with E-state index < -0.39 is 5.97 Å².